The summed E-state index contributed by atoms with van der Waals surface area (Å²) in [6.45, 7) is 6.47. The number of nitrogens with two attached hydrogens (primary N) is 1. The normalized spacial score (nSPS) is 19.2. The lowest BCUT2D eigenvalue weighted by Crippen LogP contribution is -2.49. The second-order valence-corrected chi connectivity index (χ2v) is 5.01. The number of halogens is 3. The fourth-order valence-corrected chi connectivity index (χ4v) is 2.66. The summed E-state index contributed by atoms with van der Waals surface area (Å²) in [5.41, 5.74) is 5.86. The molecule has 0 bridgehead atoms. The van der Waals surface area contributed by atoms with Gasteiger partial charge in [-0.3, -0.25) is 4.90 Å². The lowest BCUT2D eigenvalue weighted by atomic mass is 10.0. The van der Waals surface area contributed by atoms with Gasteiger partial charge in [-0.15, -0.1) is 0 Å². The van der Waals surface area contributed by atoms with Crippen LogP contribution in [0, 0.1) is 17.5 Å². The van der Waals surface area contributed by atoms with Crippen LogP contribution in [0.1, 0.15) is 18.5 Å². The van der Waals surface area contributed by atoms with Crippen LogP contribution in [-0.2, 0) is 0 Å². The lowest BCUT2D eigenvalue weighted by molar-refractivity contribution is 0.100. The van der Waals surface area contributed by atoms with E-state index in [1.54, 1.807) is 0 Å². The van der Waals surface area contributed by atoms with Gasteiger partial charge < -0.3 is 10.6 Å². The number of benzene rings is 1. The molecule has 0 amide bonds. The fraction of sp³-hybridized carbons (Fsp3) is 0.571. The predicted octanol–water partition coefficient (Wildman–Crippen LogP) is 1.74. The number of hydrogen-bond donors (Lipinski definition) is 1. The molecule has 6 heteroatoms. The molecule has 2 rings (SSSR count). The third kappa shape index (κ3) is 3.13. The van der Waals surface area contributed by atoms with E-state index in [1.807, 2.05) is 4.90 Å². The van der Waals surface area contributed by atoms with Gasteiger partial charge in [-0.05, 0) is 12.6 Å². The molecule has 0 aromatic heterocycles. The number of rotatable bonds is 4. The van der Waals surface area contributed by atoms with Crippen LogP contribution in [0.5, 0.6) is 0 Å². The van der Waals surface area contributed by atoms with Gasteiger partial charge in [0, 0.05) is 44.4 Å². The third-order valence-electron chi connectivity index (χ3n) is 3.92. The second kappa shape index (κ2) is 6.56. The summed E-state index contributed by atoms with van der Waals surface area (Å²) in [6.07, 6.45) is 0. The van der Waals surface area contributed by atoms with Crippen LogP contribution in [0.4, 0.5) is 13.2 Å². The van der Waals surface area contributed by atoms with Gasteiger partial charge in [0.15, 0.2) is 11.6 Å². The summed E-state index contributed by atoms with van der Waals surface area (Å²) in [7, 11) is 0. The molecule has 1 atom stereocenters. The van der Waals surface area contributed by atoms with Crippen molar-refractivity contribution < 1.29 is 13.2 Å². The highest BCUT2D eigenvalue weighted by atomic mass is 19.2. The lowest BCUT2D eigenvalue weighted by Gasteiger charge is -2.38. The van der Waals surface area contributed by atoms with Crippen molar-refractivity contribution in [1.82, 2.24) is 9.80 Å². The van der Waals surface area contributed by atoms with Crippen molar-refractivity contribution in [3.05, 3.63) is 35.1 Å². The molecule has 1 heterocycles. The number of piperazine rings is 1. The molecule has 1 aromatic rings. The van der Waals surface area contributed by atoms with Gasteiger partial charge in [0.25, 0.3) is 0 Å². The third-order valence-corrected chi connectivity index (χ3v) is 3.92. The van der Waals surface area contributed by atoms with Crippen molar-refractivity contribution in [3.63, 3.8) is 0 Å². The average Bonchev–Trinajstić information content (AvgIpc) is 2.46. The Labute approximate surface area is 117 Å². The topological polar surface area (TPSA) is 32.5 Å². The van der Waals surface area contributed by atoms with E-state index in [0.29, 0.717) is 6.07 Å². The molecule has 0 aliphatic carbocycles. The van der Waals surface area contributed by atoms with Gasteiger partial charge in [-0.1, -0.05) is 6.92 Å². The zero-order chi connectivity index (χ0) is 14.7. The molecule has 1 unspecified atom stereocenters. The monoisotopic (exact) mass is 287 g/mol. The van der Waals surface area contributed by atoms with Crippen LogP contribution in [-0.4, -0.2) is 49.1 Å². The average molecular weight is 287 g/mol. The van der Waals surface area contributed by atoms with E-state index in [2.05, 4.69) is 11.8 Å². The van der Waals surface area contributed by atoms with Gasteiger partial charge in [-0.2, -0.15) is 0 Å². The van der Waals surface area contributed by atoms with Crippen LogP contribution in [0.25, 0.3) is 0 Å². The van der Waals surface area contributed by atoms with E-state index in [-0.39, 0.29) is 12.1 Å². The SMILES string of the molecule is CCN1CCN(C(CN)c2cc(F)c(F)cc2F)CC1. The summed E-state index contributed by atoms with van der Waals surface area (Å²) in [5.74, 6) is -2.94. The summed E-state index contributed by atoms with van der Waals surface area (Å²) in [5, 5.41) is 0. The molecular weight excluding hydrogens is 267 g/mol. The Balaban J connectivity index is 2.18. The van der Waals surface area contributed by atoms with E-state index in [0.717, 1.165) is 38.8 Å². The summed E-state index contributed by atoms with van der Waals surface area (Å²) in [6, 6.07) is 1.11. The first-order valence-corrected chi connectivity index (χ1v) is 6.87. The molecule has 0 radical (unpaired) electrons. The van der Waals surface area contributed by atoms with Gasteiger partial charge in [-0.25, -0.2) is 13.2 Å². The Morgan fingerprint density at radius 2 is 1.65 bits per heavy atom. The molecule has 1 saturated heterocycles. The zero-order valence-electron chi connectivity index (χ0n) is 11.6. The molecule has 0 spiro atoms. The number of hydrogen-bond acceptors (Lipinski definition) is 3. The highest BCUT2D eigenvalue weighted by molar-refractivity contribution is 5.24. The molecule has 1 aliphatic rings. The molecule has 1 fully saturated rings. The van der Waals surface area contributed by atoms with Crippen LogP contribution < -0.4 is 5.73 Å². The van der Waals surface area contributed by atoms with Crippen molar-refractivity contribution >= 4 is 0 Å². The Kier molecular flexibility index (Phi) is 5.01. The van der Waals surface area contributed by atoms with Crippen molar-refractivity contribution in [2.75, 3.05) is 39.3 Å². The van der Waals surface area contributed by atoms with Gasteiger partial charge in [0.1, 0.15) is 5.82 Å². The first-order chi connectivity index (χ1) is 9.56. The molecular formula is C14H20F3N3. The van der Waals surface area contributed by atoms with Crippen LogP contribution in [0.3, 0.4) is 0 Å². The molecule has 20 heavy (non-hydrogen) atoms. The first-order valence-electron chi connectivity index (χ1n) is 6.87. The standard InChI is InChI=1S/C14H20F3N3/c1-2-19-3-5-20(6-4-19)14(9-18)10-7-12(16)13(17)8-11(10)15/h7-8,14H,2-6,9,18H2,1H3. The Bertz CT molecular complexity index is 459. The molecule has 2 N–H and O–H groups in total. The molecule has 0 saturated carbocycles. The predicted molar refractivity (Wildman–Crippen MR) is 71.8 cm³/mol. The second-order valence-electron chi connectivity index (χ2n) is 5.01. The highest BCUT2D eigenvalue weighted by Crippen LogP contribution is 2.25. The largest absolute Gasteiger partial charge is 0.329 e. The smallest absolute Gasteiger partial charge is 0.161 e. The quantitative estimate of drug-likeness (QED) is 0.856. The Morgan fingerprint density at radius 3 is 2.20 bits per heavy atom. The molecule has 1 aromatic carbocycles. The zero-order valence-corrected chi connectivity index (χ0v) is 11.6. The Hall–Kier alpha value is -1.11. The minimum atomic E-state index is -1.17. The summed E-state index contributed by atoms with van der Waals surface area (Å²) >= 11 is 0. The minimum Gasteiger partial charge on any atom is -0.329 e. The molecule has 1 aliphatic heterocycles. The maximum Gasteiger partial charge on any atom is 0.161 e. The van der Waals surface area contributed by atoms with Crippen molar-refractivity contribution in [2.24, 2.45) is 5.73 Å². The van der Waals surface area contributed by atoms with Crippen LogP contribution in [0.15, 0.2) is 12.1 Å². The Morgan fingerprint density at radius 1 is 1.05 bits per heavy atom. The van der Waals surface area contributed by atoms with E-state index < -0.39 is 23.5 Å². The highest BCUT2D eigenvalue weighted by Gasteiger charge is 2.26. The maximum atomic E-state index is 13.9. The number of nitrogens with zero attached hydrogens (tertiary/aromatic N) is 2. The number of likely N-dealkylation sites (N-methyl/N-ethyl adjacent to an activating group) is 1. The van der Waals surface area contributed by atoms with Gasteiger partial charge in [0.05, 0.1) is 6.04 Å². The van der Waals surface area contributed by atoms with E-state index in [9.17, 15) is 13.2 Å². The molecule has 3 nitrogen and oxygen atoms in total. The van der Waals surface area contributed by atoms with Gasteiger partial charge in [0.2, 0.25) is 0 Å². The molecule has 112 valence electrons. The van der Waals surface area contributed by atoms with Crippen molar-refractivity contribution in [1.29, 1.82) is 0 Å². The van der Waals surface area contributed by atoms with Crippen LogP contribution >= 0.6 is 0 Å². The van der Waals surface area contributed by atoms with E-state index >= 15 is 0 Å². The maximum absolute atomic E-state index is 13.9. The van der Waals surface area contributed by atoms with E-state index in [4.69, 9.17) is 5.73 Å². The van der Waals surface area contributed by atoms with Crippen molar-refractivity contribution in [3.8, 4) is 0 Å². The van der Waals surface area contributed by atoms with Gasteiger partial charge >= 0.3 is 0 Å². The first kappa shape index (κ1) is 15.3. The van der Waals surface area contributed by atoms with Crippen molar-refractivity contribution in [2.45, 2.75) is 13.0 Å². The van der Waals surface area contributed by atoms with Crippen LogP contribution in [0.2, 0.25) is 0 Å². The summed E-state index contributed by atoms with van der Waals surface area (Å²) < 4.78 is 40.2. The summed E-state index contributed by atoms with van der Waals surface area (Å²) in [4.78, 5) is 4.31. The minimum absolute atomic E-state index is 0.136. The fourth-order valence-electron chi connectivity index (χ4n) is 2.66. The van der Waals surface area contributed by atoms with E-state index in [1.165, 1.54) is 0 Å².